The van der Waals surface area contributed by atoms with Crippen LogP contribution in [0.25, 0.3) is 0 Å². The van der Waals surface area contributed by atoms with E-state index in [9.17, 15) is 14.7 Å². The van der Waals surface area contributed by atoms with Gasteiger partial charge in [0.15, 0.2) is 5.76 Å². The predicted octanol–water partition coefficient (Wildman–Crippen LogP) is 3.19. The van der Waals surface area contributed by atoms with Crippen LogP contribution in [-0.2, 0) is 6.42 Å². The molecule has 0 radical (unpaired) electrons. The van der Waals surface area contributed by atoms with Crippen molar-refractivity contribution in [3.8, 4) is 0 Å². The minimum Gasteiger partial charge on any atom is -0.478 e. The van der Waals surface area contributed by atoms with E-state index in [2.05, 4.69) is 0 Å². The molecule has 0 spiro atoms. The van der Waals surface area contributed by atoms with Crippen molar-refractivity contribution in [2.24, 2.45) is 17.8 Å². The summed E-state index contributed by atoms with van der Waals surface area (Å²) in [5, 5.41) is 9.25. The maximum Gasteiger partial charge on any atom is 0.339 e. The fraction of sp³-hybridized carbons (Fsp3) is 0.667. The number of nitrogens with zero attached hydrogens (tertiary/aromatic N) is 1. The average Bonchev–Trinajstić information content (AvgIpc) is 2.86. The number of rotatable bonds is 3. The first kappa shape index (κ1) is 14.8. The summed E-state index contributed by atoms with van der Waals surface area (Å²) in [4.78, 5) is 26.2. The van der Waals surface area contributed by atoms with Gasteiger partial charge in [-0.3, -0.25) is 4.79 Å². The highest BCUT2D eigenvalue weighted by Crippen LogP contribution is 2.47. The van der Waals surface area contributed by atoms with Crippen molar-refractivity contribution in [3.63, 3.8) is 0 Å². The van der Waals surface area contributed by atoms with Crippen molar-refractivity contribution in [3.05, 3.63) is 23.2 Å². The van der Waals surface area contributed by atoms with Gasteiger partial charge in [-0.25, -0.2) is 4.79 Å². The van der Waals surface area contributed by atoms with Crippen LogP contribution in [0.15, 0.2) is 10.5 Å². The van der Waals surface area contributed by atoms with Gasteiger partial charge >= 0.3 is 5.97 Å². The van der Waals surface area contributed by atoms with Gasteiger partial charge in [0.1, 0.15) is 11.3 Å². The lowest BCUT2D eigenvalue weighted by Crippen LogP contribution is -2.42. The van der Waals surface area contributed by atoms with Crippen molar-refractivity contribution < 1.29 is 19.1 Å². The van der Waals surface area contributed by atoms with Gasteiger partial charge in [-0.05, 0) is 49.9 Å². The maximum absolute atomic E-state index is 13.0. The van der Waals surface area contributed by atoms with E-state index in [0.29, 0.717) is 24.1 Å². The summed E-state index contributed by atoms with van der Waals surface area (Å²) in [6.07, 6.45) is 6.51. The van der Waals surface area contributed by atoms with Gasteiger partial charge in [0.25, 0.3) is 5.91 Å². The van der Waals surface area contributed by atoms with E-state index in [-0.39, 0.29) is 17.2 Å². The number of fused-ring (bicyclic) bond motifs is 1. The molecule has 5 heteroatoms. The van der Waals surface area contributed by atoms with Crippen molar-refractivity contribution in [2.75, 3.05) is 6.54 Å². The highest BCUT2D eigenvalue weighted by atomic mass is 16.4. The van der Waals surface area contributed by atoms with Gasteiger partial charge in [-0.15, -0.1) is 0 Å². The molecule has 2 aliphatic carbocycles. The Labute approximate surface area is 135 Å². The molecule has 4 bridgehead atoms. The number of carboxylic acid groups (broad SMARTS) is 1. The second-order valence-electron chi connectivity index (χ2n) is 7.49. The molecule has 5 nitrogen and oxygen atoms in total. The zero-order valence-corrected chi connectivity index (χ0v) is 13.5. The van der Waals surface area contributed by atoms with Crippen LogP contribution in [-0.4, -0.2) is 34.5 Å². The van der Waals surface area contributed by atoms with E-state index in [0.717, 1.165) is 31.2 Å². The van der Waals surface area contributed by atoms with E-state index in [1.807, 2.05) is 11.8 Å². The first-order valence-corrected chi connectivity index (χ1v) is 8.72. The Hall–Kier alpha value is -1.78. The third-order valence-electron chi connectivity index (χ3n) is 5.94. The van der Waals surface area contributed by atoms with Crippen molar-refractivity contribution in [1.82, 2.24) is 4.90 Å². The Morgan fingerprint density at radius 1 is 1.17 bits per heavy atom. The zero-order chi connectivity index (χ0) is 16.1. The molecule has 2 saturated carbocycles. The van der Waals surface area contributed by atoms with Crippen LogP contribution in [0, 0.1) is 17.8 Å². The smallest absolute Gasteiger partial charge is 0.339 e. The van der Waals surface area contributed by atoms with E-state index in [4.69, 9.17) is 4.42 Å². The summed E-state index contributed by atoms with van der Waals surface area (Å²) in [6.45, 7) is 2.65. The number of carbonyl (C=O) groups is 2. The molecule has 1 amide bonds. The highest BCUT2D eigenvalue weighted by molar-refractivity contribution is 5.96. The average molecular weight is 317 g/mol. The molecule has 2 unspecified atom stereocenters. The van der Waals surface area contributed by atoms with E-state index >= 15 is 0 Å². The molecule has 1 N–H and O–H groups in total. The van der Waals surface area contributed by atoms with Gasteiger partial charge in [0.05, 0.1) is 0 Å². The SMILES string of the molecule is CCc1oc(C(=O)N2CC3CC4CC(C3)CC2C4)cc1C(=O)O. The Morgan fingerprint density at radius 3 is 2.39 bits per heavy atom. The Kier molecular flexibility index (Phi) is 3.47. The van der Waals surface area contributed by atoms with Crippen LogP contribution in [0.3, 0.4) is 0 Å². The summed E-state index contributed by atoms with van der Waals surface area (Å²) in [6, 6.07) is 1.72. The summed E-state index contributed by atoms with van der Waals surface area (Å²) < 4.78 is 5.60. The minimum atomic E-state index is -1.03. The Morgan fingerprint density at radius 2 is 1.83 bits per heavy atom. The molecule has 2 saturated heterocycles. The molecule has 23 heavy (non-hydrogen) atoms. The number of carbonyl (C=O) groups excluding carboxylic acids is 1. The number of furan rings is 1. The molecular weight excluding hydrogens is 294 g/mol. The third kappa shape index (κ3) is 2.46. The lowest BCUT2D eigenvalue weighted by Gasteiger charge is -2.38. The van der Waals surface area contributed by atoms with Gasteiger partial charge in [-0.2, -0.15) is 0 Å². The summed E-state index contributed by atoms with van der Waals surface area (Å²) >= 11 is 0. The minimum absolute atomic E-state index is 0.120. The normalized spacial score (nSPS) is 32.1. The number of aryl methyl sites for hydroxylation is 1. The quantitative estimate of drug-likeness (QED) is 0.929. The molecule has 2 aliphatic heterocycles. The standard InChI is InChI=1S/C18H23NO4/c1-2-15-14(18(21)22)8-16(23-15)17(20)19-9-12-4-10-3-11(5-12)7-13(19)6-10/h8,10-13H,2-7,9H2,1H3,(H,21,22). The number of hydrogen-bond donors (Lipinski definition) is 1. The van der Waals surface area contributed by atoms with Crippen LogP contribution in [0.4, 0.5) is 0 Å². The number of aromatic carboxylic acids is 1. The molecule has 5 rings (SSSR count). The number of carboxylic acids is 1. The van der Waals surface area contributed by atoms with Gasteiger partial charge in [0.2, 0.25) is 0 Å². The van der Waals surface area contributed by atoms with Crippen LogP contribution in [0.1, 0.15) is 65.7 Å². The predicted molar refractivity (Wildman–Crippen MR) is 83.4 cm³/mol. The lowest BCUT2D eigenvalue weighted by molar-refractivity contribution is 0.0598. The van der Waals surface area contributed by atoms with Gasteiger partial charge in [0, 0.05) is 25.1 Å². The second kappa shape index (κ2) is 5.39. The molecule has 4 fully saturated rings. The van der Waals surface area contributed by atoms with Crippen molar-refractivity contribution in [2.45, 2.75) is 51.5 Å². The number of hydrogen-bond acceptors (Lipinski definition) is 3. The fourth-order valence-electron chi connectivity index (χ4n) is 5.15. The van der Waals surface area contributed by atoms with Crippen LogP contribution < -0.4 is 0 Å². The number of amides is 1. The summed E-state index contributed by atoms with van der Waals surface area (Å²) in [5.74, 6) is 1.59. The highest BCUT2D eigenvalue weighted by Gasteiger charge is 2.44. The topological polar surface area (TPSA) is 70.8 Å². The van der Waals surface area contributed by atoms with Crippen LogP contribution >= 0.6 is 0 Å². The molecule has 4 aliphatic rings. The largest absolute Gasteiger partial charge is 0.478 e. The second-order valence-corrected chi connectivity index (χ2v) is 7.49. The fourth-order valence-corrected chi connectivity index (χ4v) is 5.15. The van der Waals surface area contributed by atoms with Crippen LogP contribution in [0.5, 0.6) is 0 Å². The van der Waals surface area contributed by atoms with E-state index in [1.54, 1.807) is 0 Å². The molecule has 3 heterocycles. The molecule has 2 atom stereocenters. The zero-order valence-electron chi connectivity index (χ0n) is 13.5. The van der Waals surface area contributed by atoms with Crippen LogP contribution in [0.2, 0.25) is 0 Å². The maximum atomic E-state index is 13.0. The first-order chi connectivity index (χ1) is 11.0. The Bertz CT molecular complexity index is 635. The van der Waals surface area contributed by atoms with E-state index in [1.165, 1.54) is 25.3 Å². The molecule has 1 aromatic heterocycles. The molecule has 124 valence electrons. The van der Waals surface area contributed by atoms with Crippen molar-refractivity contribution in [1.29, 1.82) is 0 Å². The van der Waals surface area contributed by atoms with Crippen molar-refractivity contribution >= 4 is 11.9 Å². The van der Waals surface area contributed by atoms with E-state index < -0.39 is 5.97 Å². The van der Waals surface area contributed by atoms with Gasteiger partial charge in [-0.1, -0.05) is 6.92 Å². The third-order valence-corrected chi connectivity index (χ3v) is 5.94. The summed E-state index contributed by atoms with van der Waals surface area (Å²) in [5.41, 5.74) is 0.122. The molecular formula is C18H23NO4. The summed E-state index contributed by atoms with van der Waals surface area (Å²) in [7, 11) is 0. The molecule has 1 aromatic rings. The Balaban J connectivity index is 1.63. The monoisotopic (exact) mass is 317 g/mol. The lowest BCUT2D eigenvalue weighted by atomic mass is 9.68. The molecule has 0 aromatic carbocycles. The first-order valence-electron chi connectivity index (χ1n) is 8.72. The van der Waals surface area contributed by atoms with Gasteiger partial charge < -0.3 is 14.4 Å².